The number of hydrogen-bond acceptors (Lipinski definition) is 0. The summed E-state index contributed by atoms with van der Waals surface area (Å²) < 4.78 is 4.81. The van der Waals surface area contributed by atoms with Crippen LogP contribution in [-0.4, -0.2) is 0 Å². The fourth-order valence-corrected chi connectivity index (χ4v) is 3.81. The molecule has 2 nitrogen and oxygen atoms in total. The van der Waals surface area contributed by atoms with Gasteiger partial charge in [0, 0.05) is 48.1 Å². The van der Waals surface area contributed by atoms with Crippen LogP contribution in [0, 0.1) is 0 Å². The first kappa shape index (κ1) is 16.0. The number of unbranched alkanes of at least 4 members (excludes halogenated alkanes) is 2. The number of aryl methyl sites for hydroxylation is 3. The molecule has 126 valence electrons. The van der Waals surface area contributed by atoms with Crippen molar-refractivity contribution in [2.75, 3.05) is 0 Å². The molecule has 2 aromatic heterocycles. The van der Waals surface area contributed by atoms with Crippen LogP contribution in [-0.2, 0) is 19.5 Å². The molecule has 1 aliphatic carbocycles. The van der Waals surface area contributed by atoms with Crippen molar-refractivity contribution in [2.45, 2.75) is 45.2 Å². The van der Waals surface area contributed by atoms with E-state index in [-0.39, 0.29) is 0 Å². The first-order valence-electron chi connectivity index (χ1n) is 9.47. The lowest BCUT2D eigenvalue weighted by Crippen LogP contribution is -2.38. The van der Waals surface area contributed by atoms with Crippen LogP contribution in [0.2, 0.25) is 0 Å². The van der Waals surface area contributed by atoms with Crippen molar-refractivity contribution in [1.29, 1.82) is 0 Å². The molecule has 0 saturated carbocycles. The second-order valence-corrected chi connectivity index (χ2v) is 6.87. The first-order valence-corrected chi connectivity index (χ1v) is 9.47. The summed E-state index contributed by atoms with van der Waals surface area (Å²) in [5.74, 6) is 0. The molecular weight excluding hydrogens is 304 g/mol. The molecule has 1 aromatic carbocycles. The van der Waals surface area contributed by atoms with Crippen molar-refractivity contribution in [3.05, 3.63) is 78.3 Å². The Morgan fingerprint density at radius 2 is 1.52 bits per heavy atom. The molecule has 0 atom stereocenters. The number of para-hydroxylation sites is 1. The highest BCUT2D eigenvalue weighted by Gasteiger charge is 2.15. The fourth-order valence-electron chi connectivity index (χ4n) is 3.81. The molecule has 3 aromatic rings. The lowest BCUT2D eigenvalue weighted by molar-refractivity contribution is -0.700. The molecule has 2 heterocycles. The Kier molecular flexibility index (Phi) is 4.87. The van der Waals surface area contributed by atoms with Crippen LogP contribution in [0.25, 0.3) is 17.0 Å². The number of benzene rings is 1. The van der Waals surface area contributed by atoms with Gasteiger partial charge in [-0.3, -0.25) is 0 Å². The zero-order valence-corrected chi connectivity index (χ0v) is 14.8. The number of hydrogen-bond donors (Lipinski definition) is 0. The van der Waals surface area contributed by atoms with Crippen LogP contribution in [0.5, 0.6) is 0 Å². The highest BCUT2D eigenvalue weighted by molar-refractivity contribution is 5.74. The van der Waals surface area contributed by atoms with Gasteiger partial charge in [0.2, 0.25) is 11.2 Å². The van der Waals surface area contributed by atoms with Crippen molar-refractivity contribution in [3.63, 3.8) is 0 Å². The summed E-state index contributed by atoms with van der Waals surface area (Å²) in [5, 5.41) is 1.32. The van der Waals surface area contributed by atoms with Gasteiger partial charge in [0.15, 0.2) is 12.4 Å². The smallest absolute Gasteiger partial charge is 0.199 e. The highest BCUT2D eigenvalue weighted by Crippen LogP contribution is 2.15. The van der Waals surface area contributed by atoms with Crippen molar-refractivity contribution in [1.82, 2.24) is 0 Å². The fraction of sp³-hybridized carbons (Fsp3) is 0.304. The van der Waals surface area contributed by atoms with Gasteiger partial charge in [0.1, 0.15) is 13.1 Å². The largest absolute Gasteiger partial charge is 0.212 e. The molecule has 25 heavy (non-hydrogen) atoms. The summed E-state index contributed by atoms with van der Waals surface area (Å²) in [6, 6.07) is 17.5. The molecule has 0 amide bonds. The minimum atomic E-state index is 1.10. The van der Waals surface area contributed by atoms with Gasteiger partial charge >= 0.3 is 0 Å². The number of nitrogens with zero attached hydrogens (tertiary/aromatic N) is 2. The summed E-state index contributed by atoms with van der Waals surface area (Å²) in [6.07, 6.45) is 15.1. The van der Waals surface area contributed by atoms with Crippen LogP contribution < -0.4 is 9.13 Å². The summed E-state index contributed by atoms with van der Waals surface area (Å²) in [7, 11) is 0. The van der Waals surface area contributed by atoms with Gasteiger partial charge in [-0.1, -0.05) is 18.2 Å². The minimum absolute atomic E-state index is 1.10. The topological polar surface area (TPSA) is 7.76 Å². The quantitative estimate of drug-likeness (QED) is 0.472. The Labute approximate surface area is 150 Å². The van der Waals surface area contributed by atoms with Crippen LogP contribution in [0.4, 0.5) is 0 Å². The molecule has 0 radical (unpaired) electrons. The van der Waals surface area contributed by atoms with Gasteiger partial charge in [0.05, 0.1) is 0 Å². The van der Waals surface area contributed by atoms with E-state index >= 15 is 0 Å². The van der Waals surface area contributed by atoms with Crippen LogP contribution >= 0.6 is 0 Å². The standard InChI is InChI=1S/C23H26N2/c1(6-16-24-18-8-12-20-10-2-4-14-22(20)24)7-17-25-19-9-13-21-11-3-5-15-23(21)25/h2,4-5,8-10,12-15,18-19H,1,3,6-7,11,16-17H2/q+2. The third-order valence-corrected chi connectivity index (χ3v) is 5.14. The van der Waals surface area contributed by atoms with Gasteiger partial charge in [-0.2, -0.15) is 9.13 Å². The number of aromatic nitrogens is 2. The third-order valence-electron chi connectivity index (χ3n) is 5.14. The maximum atomic E-state index is 2.43. The zero-order valence-electron chi connectivity index (χ0n) is 14.8. The number of fused-ring (bicyclic) bond motifs is 2. The second kappa shape index (κ2) is 7.60. The molecule has 0 N–H and O–H groups in total. The van der Waals surface area contributed by atoms with E-state index in [1.165, 1.54) is 54.3 Å². The molecule has 0 aliphatic heterocycles. The normalized spacial score (nSPS) is 13.1. The van der Waals surface area contributed by atoms with E-state index in [4.69, 9.17) is 0 Å². The number of allylic oxidation sites excluding steroid dienone is 1. The van der Waals surface area contributed by atoms with E-state index in [9.17, 15) is 0 Å². The maximum absolute atomic E-state index is 2.43. The average Bonchev–Trinajstić information content (AvgIpc) is 2.68. The maximum Gasteiger partial charge on any atom is 0.212 e. The molecule has 4 rings (SSSR count). The van der Waals surface area contributed by atoms with E-state index in [0.717, 1.165) is 13.1 Å². The lowest BCUT2D eigenvalue weighted by atomic mass is 10.0. The molecule has 2 heteroatoms. The summed E-state index contributed by atoms with van der Waals surface area (Å²) in [5.41, 5.74) is 4.25. The van der Waals surface area contributed by atoms with Gasteiger partial charge in [-0.15, -0.1) is 0 Å². The van der Waals surface area contributed by atoms with E-state index in [1.807, 2.05) is 0 Å². The summed E-state index contributed by atoms with van der Waals surface area (Å²) in [6.45, 7) is 2.21. The second-order valence-electron chi connectivity index (χ2n) is 6.87. The van der Waals surface area contributed by atoms with Gasteiger partial charge in [-0.05, 0) is 37.5 Å². The van der Waals surface area contributed by atoms with Crippen molar-refractivity contribution < 1.29 is 9.13 Å². The lowest BCUT2D eigenvalue weighted by Gasteiger charge is -2.09. The molecule has 0 spiro atoms. The van der Waals surface area contributed by atoms with Crippen LogP contribution in [0.1, 0.15) is 36.9 Å². The Bertz CT molecular complexity index is 890. The van der Waals surface area contributed by atoms with Crippen LogP contribution in [0.3, 0.4) is 0 Å². The number of pyridine rings is 2. The van der Waals surface area contributed by atoms with E-state index in [2.05, 4.69) is 82.2 Å². The van der Waals surface area contributed by atoms with Gasteiger partial charge in [0.25, 0.3) is 0 Å². The zero-order chi connectivity index (χ0) is 16.9. The van der Waals surface area contributed by atoms with Crippen molar-refractivity contribution in [3.8, 4) is 0 Å². The molecule has 0 fully saturated rings. The Balaban J connectivity index is 1.33. The van der Waals surface area contributed by atoms with Gasteiger partial charge < -0.3 is 0 Å². The van der Waals surface area contributed by atoms with Crippen LogP contribution in [0.15, 0.2) is 67.0 Å². The highest BCUT2D eigenvalue weighted by atomic mass is 15.0. The van der Waals surface area contributed by atoms with E-state index < -0.39 is 0 Å². The van der Waals surface area contributed by atoms with Gasteiger partial charge in [-0.25, -0.2) is 0 Å². The average molecular weight is 330 g/mol. The summed E-state index contributed by atoms with van der Waals surface area (Å²) >= 11 is 0. The predicted molar refractivity (Wildman–Crippen MR) is 102 cm³/mol. The monoisotopic (exact) mass is 330 g/mol. The van der Waals surface area contributed by atoms with E-state index in [0.29, 0.717) is 0 Å². The van der Waals surface area contributed by atoms with E-state index in [1.54, 1.807) is 0 Å². The predicted octanol–water partition coefficient (Wildman–Crippen LogP) is 4.24. The summed E-state index contributed by atoms with van der Waals surface area (Å²) in [4.78, 5) is 0. The minimum Gasteiger partial charge on any atom is -0.199 e. The molecule has 0 unspecified atom stereocenters. The Morgan fingerprint density at radius 1 is 0.760 bits per heavy atom. The molecule has 0 saturated heterocycles. The molecule has 0 bridgehead atoms. The SMILES string of the molecule is C1=Cc2c(ccc[n+]2CCCCC[n+]2cccc3ccccc32)CC1. The van der Waals surface area contributed by atoms with Crippen molar-refractivity contribution >= 4 is 17.0 Å². The first-order chi connectivity index (χ1) is 12.4. The Hall–Kier alpha value is -2.48. The van der Waals surface area contributed by atoms with Crippen molar-refractivity contribution in [2.24, 2.45) is 0 Å². The third kappa shape index (κ3) is 3.63. The molecular formula is C23H26N2+2. The Morgan fingerprint density at radius 3 is 2.48 bits per heavy atom. The molecule has 1 aliphatic rings. The number of rotatable bonds is 6.